The van der Waals surface area contributed by atoms with E-state index in [0.717, 1.165) is 57.8 Å². The van der Waals surface area contributed by atoms with Crippen LogP contribution in [0.3, 0.4) is 0 Å². The molecule has 4 fully saturated rings. The van der Waals surface area contributed by atoms with Crippen LogP contribution in [-0.2, 0) is 24.0 Å². The normalized spacial score (nSPS) is 46.7. The molecular formula is C35H55NO5. The Morgan fingerprint density at radius 1 is 0.951 bits per heavy atom. The number of nitrogens with zero attached hydrogens (tertiary/aromatic N) is 1. The fraction of sp³-hybridized carbons (Fsp3) is 0.857. The third kappa shape index (κ3) is 4.23. The molecule has 0 N–H and O–H groups in total. The van der Waals surface area contributed by atoms with Gasteiger partial charge in [0.25, 0.3) is 5.91 Å². The molecule has 0 aromatic heterocycles. The van der Waals surface area contributed by atoms with Gasteiger partial charge in [0, 0.05) is 30.7 Å². The third-order valence-electron chi connectivity index (χ3n) is 13.9. The standard InChI is InChI=1S/C35H55NO5/c1-11-40-36(10)29(39)32(6)17-16-31(5)18-19-34(8)23(24(31)21-32)20-25(38)28-33(7)14-13-27(41-22(2)37)30(3,4)26(33)12-15-35(28,34)9/h20,24,26-28H,11-19,21H2,1-10H3/t24-,26?,27-,28+,31+,32-,33-,34+,35+/m0/s1. The highest BCUT2D eigenvalue weighted by molar-refractivity contribution is 5.95. The predicted molar refractivity (Wildman–Crippen MR) is 159 cm³/mol. The van der Waals surface area contributed by atoms with Crippen molar-refractivity contribution in [3.05, 3.63) is 11.6 Å². The number of hydroxylamine groups is 2. The predicted octanol–water partition coefficient (Wildman–Crippen LogP) is 7.31. The van der Waals surface area contributed by atoms with Crippen molar-refractivity contribution in [3.63, 3.8) is 0 Å². The molecule has 0 saturated heterocycles. The highest BCUT2D eigenvalue weighted by atomic mass is 16.7. The number of hydrogen-bond donors (Lipinski definition) is 0. The molecule has 0 bridgehead atoms. The summed E-state index contributed by atoms with van der Waals surface area (Å²) in [5.74, 6) is 0.611. The van der Waals surface area contributed by atoms with Crippen LogP contribution in [0.4, 0.5) is 0 Å². The first-order chi connectivity index (χ1) is 18.9. The minimum Gasteiger partial charge on any atom is -0.462 e. The maximum Gasteiger partial charge on any atom is 0.302 e. The van der Waals surface area contributed by atoms with E-state index in [-0.39, 0.29) is 56.9 Å². The van der Waals surface area contributed by atoms with Crippen molar-refractivity contribution in [3.8, 4) is 0 Å². The molecule has 0 spiro atoms. The molecule has 0 heterocycles. The number of fused-ring (bicyclic) bond motifs is 7. The van der Waals surface area contributed by atoms with Crippen LogP contribution in [0, 0.1) is 50.2 Å². The van der Waals surface area contributed by atoms with Gasteiger partial charge in [0.05, 0.1) is 6.61 Å². The molecule has 9 atom stereocenters. The molecular weight excluding hydrogens is 514 g/mol. The molecule has 4 saturated carbocycles. The van der Waals surface area contributed by atoms with Gasteiger partial charge in [0.15, 0.2) is 5.78 Å². The number of hydrogen-bond acceptors (Lipinski definition) is 5. The first-order valence-corrected chi connectivity index (χ1v) is 16.2. The quantitative estimate of drug-likeness (QED) is 0.262. The molecule has 1 amide bonds. The van der Waals surface area contributed by atoms with Crippen molar-refractivity contribution in [2.24, 2.45) is 50.2 Å². The second-order valence-corrected chi connectivity index (χ2v) is 16.4. The van der Waals surface area contributed by atoms with Crippen LogP contribution in [0.25, 0.3) is 0 Å². The molecule has 5 aliphatic carbocycles. The lowest BCUT2D eigenvalue weighted by atomic mass is 9.33. The zero-order valence-electron chi connectivity index (χ0n) is 27.4. The number of amides is 1. The average Bonchev–Trinajstić information content (AvgIpc) is 2.87. The lowest BCUT2D eigenvalue weighted by Gasteiger charge is -2.70. The molecule has 1 unspecified atom stereocenters. The van der Waals surface area contributed by atoms with E-state index >= 15 is 0 Å². The van der Waals surface area contributed by atoms with Gasteiger partial charge < -0.3 is 4.74 Å². The Balaban J connectivity index is 1.54. The summed E-state index contributed by atoms with van der Waals surface area (Å²) < 4.78 is 5.86. The topological polar surface area (TPSA) is 72.9 Å². The van der Waals surface area contributed by atoms with Crippen molar-refractivity contribution in [2.75, 3.05) is 13.7 Å². The molecule has 0 aromatic carbocycles. The maximum atomic E-state index is 14.6. The van der Waals surface area contributed by atoms with Gasteiger partial charge >= 0.3 is 5.97 Å². The minimum absolute atomic E-state index is 0.0508. The Bertz CT molecular complexity index is 1160. The summed E-state index contributed by atoms with van der Waals surface area (Å²) in [6.45, 7) is 20.2. The Morgan fingerprint density at radius 2 is 1.61 bits per heavy atom. The number of ether oxygens (including phenoxy) is 1. The van der Waals surface area contributed by atoms with Crippen LogP contribution in [0.2, 0.25) is 0 Å². The molecule has 5 rings (SSSR count). The lowest BCUT2D eigenvalue weighted by molar-refractivity contribution is -0.211. The van der Waals surface area contributed by atoms with Crippen molar-refractivity contribution >= 4 is 17.7 Å². The molecule has 0 aromatic rings. The van der Waals surface area contributed by atoms with Gasteiger partial charge in [-0.25, -0.2) is 5.06 Å². The second-order valence-electron chi connectivity index (χ2n) is 16.4. The van der Waals surface area contributed by atoms with Crippen molar-refractivity contribution in [1.82, 2.24) is 5.06 Å². The van der Waals surface area contributed by atoms with E-state index in [4.69, 9.17) is 9.57 Å². The summed E-state index contributed by atoms with van der Waals surface area (Å²) in [6.07, 6.45) is 10.6. The molecule has 0 radical (unpaired) electrons. The fourth-order valence-electron chi connectivity index (χ4n) is 11.4. The van der Waals surface area contributed by atoms with Gasteiger partial charge in [0.1, 0.15) is 6.10 Å². The van der Waals surface area contributed by atoms with Crippen LogP contribution in [0.1, 0.15) is 120 Å². The van der Waals surface area contributed by atoms with Gasteiger partial charge in [-0.15, -0.1) is 0 Å². The van der Waals surface area contributed by atoms with Gasteiger partial charge in [-0.05, 0) is 104 Å². The summed E-state index contributed by atoms with van der Waals surface area (Å²) in [5.41, 5.74) is 0.351. The van der Waals surface area contributed by atoms with E-state index in [2.05, 4.69) is 54.5 Å². The van der Waals surface area contributed by atoms with Crippen molar-refractivity contribution in [2.45, 2.75) is 126 Å². The van der Waals surface area contributed by atoms with Crippen molar-refractivity contribution < 1.29 is 24.0 Å². The molecule has 6 nitrogen and oxygen atoms in total. The van der Waals surface area contributed by atoms with Crippen LogP contribution in [0.15, 0.2) is 11.6 Å². The first-order valence-electron chi connectivity index (χ1n) is 16.2. The average molecular weight is 570 g/mol. The number of carbonyl (C=O) groups excluding carboxylic acids is 3. The van der Waals surface area contributed by atoms with Gasteiger partial charge in [0.2, 0.25) is 0 Å². The van der Waals surface area contributed by atoms with E-state index in [1.807, 2.05) is 6.92 Å². The Kier molecular flexibility index (Phi) is 7.24. The number of ketones is 1. The third-order valence-corrected chi connectivity index (χ3v) is 13.9. The van der Waals surface area contributed by atoms with E-state index in [1.54, 1.807) is 7.05 Å². The zero-order valence-corrected chi connectivity index (χ0v) is 27.4. The van der Waals surface area contributed by atoms with Gasteiger partial charge in [-0.3, -0.25) is 19.2 Å². The van der Waals surface area contributed by atoms with Crippen LogP contribution >= 0.6 is 0 Å². The highest BCUT2D eigenvalue weighted by Gasteiger charge is 2.70. The molecule has 41 heavy (non-hydrogen) atoms. The van der Waals surface area contributed by atoms with Crippen LogP contribution in [-0.4, -0.2) is 42.5 Å². The Hall–Kier alpha value is -1.69. The van der Waals surface area contributed by atoms with E-state index < -0.39 is 5.41 Å². The van der Waals surface area contributed by atoms with E-state index in [0.29, 0.717) is 18.3 Å². The monoisotopic (exact) mass is 569 g/mol. The lowest BCUT2D eigenvalue weighted by Crippen LogP contribution is -2.66. The van der Waals surface area contributed by atoms with Crippen LogP contribution in [0.5, 0.6) is 0 Å². The SMILES string of the molecule is CCON(C)C(=O)[C@@]1(C)CC[C@]2(C)CC[C@]3(C)C(=CC(=O)[C@@H]4[C@@]5(C)CC[C@H](OC(C)=O)C(C)(C)C5CC[C@]43C)[C@@H]2C1. The number of rotatable bonds is 4. The second kappa shape index (κ2) is 9.66. The molecule has 6 heteroatoms. The van der Waals surface area contributed by atoms with E-state index in [9.17, 15) is 14.4 Å². The number of allylic oxidation sites excluding steroid dienone is 2. The van der Waals surface area contributed by atoms with Crippen molar-refractivity contribution in [1.29, 1.82) is 0 Å². The van der Waals surface area contributed by atoms with Gasteiger partial charge in [-0.1, -0.05) is 54.0 Å². The summed E-state index contributed by atoms with van der Waals surface area (Å²) in [5, 5.41) is 1.44. The Labute approximate surface area is 248 Å². The smallest absolute Gasteiger partial charge is 0.302 e. The fourth-order valence-corrected chi connectivity index (χ4v) is 11.4. The summed E-state index contributed by atoms with van der Waals surface area (Å²) in [4.78, 5) is 45.8. The zero-order chi connectivity index (χ0) is 30.4. The molecule has 5 aliphatic rings. The van der Waals surface area contributed by atoms with Gasteiger partial charge in [-0.2, -0.15) is 0 Å². The molecule has 230 valence electrons. The first kappa shape index (κ1) is 30.8. The molecule has 0 aliphatic heterocycles. The summed E-state index contributed by atoms with van der Waals surface area (Å²) >= 11 is 0. The number of esters is 1. The van der Waals surface area contributed by atoms with E-state index in [1.165, 1.54) is 17.6 Å². The Morgan fingerprint density at radius 3 is 2.24 bits per heavy atom. The van der Waals surface area contributed by atoms with Crippen LogP contribution < -0.4 is 0 Å². The largest absolute Gasteiger partial charge is 0.462 e. The highest BCUT2D eigenvalue weighted by Crippen LogP contribution is 2.75. The number of carbonyl (C=O) groups is 3. The minimum atomic E-state index is -0.503. The summed E-state index contributed by atoms with van der Waals surface area (Å²) in [7, 11) is 1.74. The maximum absolute atomic E-state index is 14.6. The summed E-state index contributed by atoms with van der Waals surface area (Å²) in [6, 6.07) is 0.